The van der Waals surface area contributed by atoms with Crippen molar-refractivity contribution >= 4 is 12.0 Å². The Kier molecular flexibility index (Phi) is 5.44. The van der Waals surface area contributed by atoms with Crippen LogP contribution in [0.3, 0.4) is 0 Å². The van der Waals surface area contributed by atoms with Gasteiger partial charge in [0.25, 0.3) is 5.91 Å². The fourth-order valence-electron chi connectivity index (χ4n) is 3.68. The van der Waals surface area contributed by atoms with Crippen LogP contribution in [0.15, 0.2) is 29.4 Å². The highest BCUT2D eigenvalue weighted by Crippen LogP contribution is 2.33. The van der Waals surface area contributed by atoms with Crippen LogP contribution in [-0.4, -0.2) is 67.5 Å². The number of amides is 2. The van der Waals surface area contributed by atoms with Crippen LogP contribution >= 0.6 is 0 Å². The maximum absolute atomic E-state index is 13.2. The Morgan fingerprint density at radius 1 is 1.07 bits per heavy atom. The molecule has 0 radical (unpaired) electrons. The summed E-state index contributed by atoms with van der Waals surface area (Å²) in [4.78, 5) is 41.7. The van der Waals surface area contributed by atoms with Crippen molar-refractivity contribution in [2.24, 2.45) is 0 Å². The highest BCUT2D eigenvalue weighted by atomic mass is 16.6. The zero-order chi connectivity index (χ0) is 21.3. The molecule has 1 saturated heterocycles. The van der Waals surface area contributed by atoms with Crippen LogP contribution in [0.5, 0.6) is 0 Å². The zero-order valence-corrected chi connectivity index (χ0v) is 17.6. The van der Waals surface area contributed by atoms with Crippen molar-refractivity contribution in [2.45, 2.75) is 64.1 Å². The first kappa shape index (κ1) is 20.3. The lowest BCUT2D eigenvalue weighted by atomic mass is 10.0. The van der Waals surface area contributed by atoms with Gasteiger partial charge in [-0.3, -0.25) is 4.79 Å². The molecule has 2 aromatic rings. The molecule has 9 nitrogen and oxygen atoms in total. The van der Waals surface area contributed by atoms with E-state index in [4.69, 9.17) is 9.15 Å². The molecule has 160 valence electrons. The van der Waals surface area contributed by atoms with Gasteiger partial charge in [-0.2, -0.15) is 0 Å². The van der Waals surface area contributed by atoms with Gasteiger partial charge < -0.3 is 19.0 Å². The lowest BCUT2D eigenvalue weighted by Gasteiger charge is -2.39. The fourth-order valence-corrected chi connectivity index (χ4v) is 3.68. The van der Waals surface area contributed by atoms with Gasteiger partial charge in [0.05, 0.1) is 18.6 Å². The van der Waals surface area contributed by atoms with Crippen LogP contribution < -0.4 is 0 Å². The first-order chi connectivity index (χ1) is 14.3. The number of hydrogen-bond donors (Lipinski definition) is 0. The van der Waals surface area contributed by atoms with Crippen LogP contribution in [0.2, 0.25) is 0 Å². The average Bonchev–Trinajstić information content (AvgIpc) is 3.39. The molecule has 9 heteroatoms. The van der Waals surface area contributed by atoms with Gasteiger partial charge in [-0.15, -0.1) is 0 Å². The summed E-state index contributed by atoms with van der Waals surface area (Å²) in [5.74, 6) is 0.403. The SMILES string of the molecule is CC(C)(C)OC(=O)N1CCC(N(C(=O)c2cnc(-c3cnco3)cn2)C2CC2)CC1. The van der Waals surface area contributed by atoms with Gasteiger partial charge in [0, 0.05) is 25.2 Å². The smallest absolute Gasteiger partial charge is 0.410 e. The normalized spacial score (nSPS) is 17.6. The molecule has 3 heterocycles. The summed E-state index contributed by atoms with van der Waals surface area (Å²) in [6, 6.07) is 0.325. The van der Waals surface area contributed by atoms with Crippen molar-refractivity contribution < 1.29 is 18.7 Å². The first-order valence-electron chi connectivity index (χ1n) is 10.3. The van der Waals surface area contributed by atoms with Gasteiger partial charge in [-0.1, -0.05) is 0 Å². The van der Waals surface area contributed by atoms with E-state index in [0.29, 0.717) is 30.2 Å². The second-order valence-electron chi connectivity index (χ2n) is 8.79. The van der Waals surface area contributed by atoms with Crippen molar-refractivity contribution in [3.8, 4) is 11.5 Å². The molecule has 1 saturated carbocycles. The summed E-state index contributed by atoms with van der Waals surface area (Å²) in [6.45, 7) is 6.73. The topological polar surface area (TPSA) is 102 Å². The molecule has 2 amide bonds. The molecular weight excluding hydrogens is 386 g/mol. The summed E-state index contributed by atoms with van der Waals surface area (Å²) >= 11 is 0. The summed E-state index contributed by atoms with van der Waals surface area (Å²) < 4.78 is 10.7. The molecule has 4 rings (SSSR count). The number of piperidine rings is 1. The number of likely N-dealkylation sites (tertiary alicyclic amines) is 1. The van der Waals surface area contributed by atoms with E-state index < -0.39 is 5.60 Å². The van der Waals surface area contributed by atoms with Gasteiger partial charge in [-0.05, 0) is 46.5 Å². The van der Waals surface area contributed by atoms with Crippen molar-refractivity contribution in [1.82, 2.24) is 24.8 Å². The second kappa shape index (κ2) is 8.04. The van der Waals surface area contributed by atoms with E-state index >= 15 is 0 Å². The minimum absolute atomic E-state index is 0.0828. The lowest BCUT2D eigenvalue weighted by Crippen LogP contribution is -2.50. The zero-order valence-electron chi connectivity index (χ0n) is 17.6. The van der Waals surface area contributed by atoms with Gasteiger partial charge in [0.15, 0.2) is 12.2 Å². The third kappa shape index (κ3) is 4.60. The second-order valence-corrected chi connectivity index (χ2v) is 8.79. The van der Waals surface area contributed by atoms with E-state index in [9.17, 15) is 9.59 Å². The van der Waals surface area contributed by atoms with Crippen LogP contribution in [0, 0.1) is 0 Å². The van der Waals surface area contributed by atoms with Crippen LogP contribution in [-0.2, 0) is 4.74 Å². The van der Waals surface area contributed by atoms with Crippen molar-refractivity contribution in [1.29, 1.82) is 0 Å². The Bertz CT molecular complexity index is 879. The summed E-state index contributed by atoms with van der Waals surface area (Å²) in [5.41, 5.74) is 0.341. The molecule has 2 fully saturated rings. The molecule has 2 aliphatic rings. The van der Waals surface area contributed by atoms with Gasteiger partial charge in [0.1, 0.15) is 17.0 Å². The minimum atomic E-state index is -0.513. The van der Waals surface area contributed by atoms with E-state index in [1.165, 1.54) is 18.8 Å². The number of carbonyl (C=O) groups excluding carboxylic acids is 2. The number of oxazole rings is 1. The number of rotatable bonds is 4. The number of carbonyl (C=O) groups is 2. The fraction of sp³-hybridized carbons (Fsp3) is 0.571. The summed E-state index contributed by atoms with van der Waals surface area (Å²) in [5, 5.41) is 0. The van der Waals surface area contributed by atoms with Crippen LogP contribution in [0.1, 0.15) is 56.9 Å². The molecule has 0 atom stereocenters. The van der Waals surface area contributed by atoms with Crippen molar-refractivity contribution in [3.63, 3.8) is 0 Å². The van der Waals surface area contributed by atoms with E-state index in [2.05, 4.69) is 15.0 Å². The molecule has 2 aromatic heterocycles. The standard InChI is InChI=1S/C21H27N5O4/c1-21(2,3)30-20(28)25-8-6-15(7-9-25)26(14-4-5-14)19(27)17-11-23-16(10-24-17)18-12-22-13-29-18/h10-15H,4-9H2,1-3H3. The third-order valence-electron chi connectivity index (χ3n) is 5.24. The van der Waals surface area contributed by atoms with Crippen LogP contribution in [0.25, 0.3) is 11.5 Å². The van der Waals surface area contributed by atoms with Gasteiger partial charge >= 0.3 is 6.09 Å². The van der Waals surface area contributed by atoms with Gasteiger partial charge in [0.2, 0.25) is 0 Å². The average molecular weight is 413 g/mol. The molecular formula is C21H27N5O4. The molecule has 0 unspecified atom stereocenters. The highest BCUT2D eigenvalue weighted by Gasteiger charge is 2.40. The van der Waals surface area contributed by atoms with Crippen LogP contribution in [0.4, 0.5) is 4.79 Å². The van der Waals surface area contributed by atoms with Crippen molar-refractivity contribution in [2.75, 3.05) is 13.1 Å². The minimum Gasteiger partial charge on any atom is -0.444 e. The van der Waals surface area contributed by atoms with Gasteiger partial charge in [-0.25, -0.2) is 19.7 Å². The Morgan fingerprint density at radius 2 is 1.77 bits per heavy atom. The monoisotopic (exact) mass is 413 g/mol. The predicted octanol–water partition coefficient (Wildman–Crippen LogP) is 3.14. The number of nitrogens with zero attached hydrogens (tertiary/aromatic N) is 5. The van der Waals surface area contributed by atoms with E-state index in [1.54, 1.807) is 11.1 Å². The van der Waals surface area contributed by atoms with Crippen molar-refractivity contribution in [3.05, 3.63) is 30.7 Å². The van der Waals surface area contributed by atoms with E-state index in [1.807, 2.05) is 25.7 Å². The first-order valence-corrected chi connectivity index (χ1v) is 10.3. The van der Waals surface area contributed by atoms with E-state index in [-0.39, 0.29) is 24.1 Å². The summed E-state index contributed by atoms with van der Waals surface area (Å²) in [7, 11) is 0. The molecule has 1 aliphatic heterocycles. The Morgan fingerprint density at radius 3 is 2.30 bits per heavy atom. The molecule has 0 aromatic carbocycles. The maximum Gasteiger partial charge on any atom is 0.410 e. The molecule has 0 spiro atoms. The molecule has 0 N–H and O–H groups in total. The highest BCUT2D eigenvalue weighted by molar-refractivity contribution is 5.92. The van der Waals surface area contributed by atoms with E-state index in [0.717, 1.165) is 25.7 Å². The quantitative estimate of drug-likeness (QED) is 0.759. The summed E-state index contributed by atoms with van der Waals surface area (Å²) in [6.07, 6.45) is 9.07. The molecule has 1 aliphatic carbocycles. The Balaban J connectivity index is 1.41. The number of hydrogen-bond acceptors (Lipinski definition) is 7. The Labute approximate surface area is 175 Å². The lowest BCUT2D eigenvalue weighted by molar-refractivity contribution is 0.0141. The molecule has 0 bridgehead atoms. The predicted molar refractivity (Wildman–Crippen MR) is 108 cm³/mol. The molecule has 30 heavy (non-hydrogen) atoms. The third-order valence-corrected chi connectivity index (χ3v) is 5.24. The maximum atomic E-state index is 13.2. The Hall–Kier alpha value is -2.97. The number of aromatic nitrogens is 3. The number of ether oxygens (including phenoxy) is 1. The largest absolute Gasteiger partial charge is 0.444 e.